The van der Waals surface area contributed by atoms with Gasteiger partial charge in [-0.15, -0.1) is 0 Å². The van der Waals surface area contributed by atoms with Crippen molar-refractivity contribution in [2.24, 2.45) is 0 Å². The minimum absolute atomic E-state index is 0.613. The second kappa shape index (κ2) is 5.00. The Balaban J connectivity index is 0.000000514. The van der Waals surface area contributed by atoms with Crippen molar-refractivity contribution in [2.45, 2.75) is 46.3 Å². The van der Waals surface area contributed by atoms with E-state index in [9.17, 15) is 0 Å². The van der Waals surface area contributed by atoms with Crippen LogP contribution in [-0.2, 0) is 13.1 Å². The van der Waals surface area contributed by atoms with Gasteiger partial charge in [0.1, 0.15) is 0 Å². The maximum atomic E-state index is 4.65. The van der Waals surface area contributed by atoms with Gasteiger partial charge >= 0.3 is 0 Å². The molecule has 1 saturated heterocycles. The molecule has 1 aromatic heterocycles. The highest BCUT2D eigenvalue weighted by Gasteiger charge is 2.27. The fourth-order valence-electron chi connectivity index (χ4n) is 2.25. The van der Waals surface area contributed by atoms with Crippen LogP contribution in [0.5, 0.6) is 0 Å². The lowest BCUT2D eigenvalue weighted by atomic mass is 10.1. The largest absolute Gasteiger partial charge is 0.338 e. The zero-order chi connectivity index (χ0) is 12.4. The molecule has 17 heavy (non-hydrogen) atoms. The molecule has 0 aromatic carbocycles. The Hall–Kier alpha value is -1.16. The molecule has 1 unspecified atom stereocenters. The fraction of sp³-hybridized carbons (Fsp3) is 0.692. The Labute approximate surface area is 104 Å². The molecule has 2 aliphatic rings. The zero-order valence-corrected chi connectivity index (χ0v) is 11.3. The molecule has 0 saturated carbocycles. The van der Waals surface area contributed by atoms with Gasteiger partial charge < -0.3 is 4.90 Å². The Kier molecular flexibility index (Phi) is 3.62. The molecule has 2 aliphatic heterocycles. The normalized spacial score (nSPS) is 22.6. The van der Waals surface area contributed by atoms with Crippen molar-refractivity contribution >= 4 is 5.95 Å². The predicted molar refractivity (Wildman–Crippen MR) is 70.0 cm³/mol. The van der Waals surface area contributed by atoms with E-state index in [1.54, 1.807) is 0 Å². The van der Waals surface area contributed by atoms with E-state index in [-0.39, 0.29) is 0 Å². The zero-order valence-electron chi connectivity index (χ0n) is 11.3. The summed E-state index contributed by atoms with van der Waals surface area (Å²) < 4.78 is 0. The van der Waals surface area contributed by atoms with Crippen LogP contribution in [0.3, 0.4) is 0 Å². The van der Waals surface area contributed by atoms with Gasteiger partial charge in [0.2, 0.25) is 5.95 Å². The van der Waals surface area contributed by atoms with E-state index in [4.69, 9.17) is 0 Å². The molecule has 4 heteroatoms. The monoisotopic (exact) mass is 234 g/mol. The maximum absolute atomic E-state index is 4.65. The first-order chi connectivity index (χ1) is 8.24. The van der Waals surface area contributed by atoms with Crippen molar-refractivity contribution < 1.29 is 0 Å². The molecule has 0 aliphatic carbocycles. The number of anilines is 1. The van der Waals surface area contributed by atoms with E-state index in [0.29, 0.717) is 6.04 Å². The molecule has 0 radical (unpaired) electrons. The second-order valence-electron chi connectivity index (χ2n) is 4.65. The van der Waals surface area contributed by atoms with E-state index < -0.39 is 0 Å². The van der Waals surface area contributed by atoms with Crippen molar-refractivity contribution in [3.05, 3.63) is 17.5 Å². The summed E-state index contributed by atoms with van der Waals surface area (Å²) in [6.07, 6.45) is 3.26. The van der Waals surface area contributed by atoms with Crippen LogP contribution in [0.4, 0.5) is 5.95 Å². The quantitative estimate of drug-likeness (QED) is 0.744. The van der Waals surface area contributed by atoms with Crippen molar-refractivity contribution in [3.8, 4) is 0 Å². The van der Waals surface area contributed by atoms with Gasteiger partial charge in [-0.25, -0.2) is 9.97 Å². The third-order valence-electron chi connectivity index (χ3n) is 3.38. The third kappa shape index (κ3) is 2.27. The van der Waals surface area contributed by atoms with Crippen LogP contribution in [0.1, 0.15) is 38.4 Å². The Bertz CT molecular complexity index is 391. The first-order valence-corrected chi connectivity index (χ1v) is 6.54. The van der Waals surface area contributed by atoms with E-state index >= 15 is 0 Å². The Morgan fingerprint density at radius 1 is 1.29 bits per heavy atom. The van der Waals surface area contributed by atoms with Crippen molar-refractivity contribution in [2.75, 3.05) is 18.5 Å². The molecule has 3 rings (SSSR count). The van der Waals surface area contributed by atoms with Gasteiger partial charge in [0.25, 0.3) is 0 Å². The van der Waals surface area contributed by atoms with Crippen LogP contribution >= 0.6 is 0 Å². The fourth-order valence-corrected chi connectivity index (χ4v) is 2.25. The summed E-state index contributed by atoms with van der Waals surface area (Å²) in [5.41, 5.74) is 2.50. The number of hydrogen-bond acceptors (Lipinski definition) is 4. The molecule has 1 fully saturated rings. The lowest BCUT2D eigenvalue weighted by molar-refractivity contribution is 0.351. The smallest absolute Gasteiger partial charge is 0.225 e. The lowest BCUT2D eigenvalue weighted by Gasteiger charge is -2.38. The number of aromatic nitrogens is 2. The summed E-state index contributed by atoms with van der Waals surface area (Å²) in [5.74, 6) is 0.919. The summed E-state index contributed by atoms with van der Waals surface area (Å²) in [5, 5.41) is 0. The van der Waals surface area contributed by atoms with Gasteiger partial charge in [0.15, 0.2) is 0 Å². The van der Waals surface area contributed by atoms with E-state index in [2.05, 4.69) is 33.7 Å². The SMILES string of the molecule is CC.CC1CCN1c1ncc2c(n1)CN(C)C2. The van der Waals surface area contributed by atoms with Crippen molar-refractivity contribution in [3.63, 3.8) is 0 Å². The molecule has 0 N–H and O–H groups in total. The third-order valence-corrected chi connectivity index (χ3v) is 3.38. The number of nitrogens with zero attached hydrogens (tertiary/aromatic N) is 4. The van der Waals surface area contributed by atoms with Crippen LogP contribution in [-0.4, -0.2) is 34.5 Å². The Morgan fingerprint density at radius 3 is 2.65 bits per heavy atom. The number of rotatable bonds is 1. The van der Waals surface area contributed by atoms with Gasteiger partial charge in [-0.2, -0.15) is 0 Å². The lowest BCUT2D eigenvalue weighted by Crippen LogP contribution is -2.46. The molecule has 3 heterocycles. The molecule has 1 atom stereocenters. The van der Waals surface area contributed by atoms with E-state index in [1.165, 1.54) is 17.7 Å². The molecule has 1 aromatic rings. The van der Waals surface area contributed by atoms with Gasteiger partial charge in [-0.3, -0.25) is 4.90 Å². The van der Waals surface area contributed by atoms with Crippen LogP contribution in [0.15, 0.2) is 6.20 Å². The second-order valence-corrected chi connectivity index (χ2v) is 4.65. The standard InChI is InChI=1S/C11H16N4.C2H6/c1-8-3-4-15(8)11-12-5-9-6-14(2)7-10(9)13-11;1-2/h5,8H,3-4,6-7H2,1-2H3;1-2H3. The molecule has 0 spiro atoms. The highest BCUT2D eigenvalue weighted by Crippen LogP contribution is 2.25. The molecule has 0 bridgehead atoms. The summed E-state index contributed by atoms with van der Waals surface area (Å²) in [6.45, 7) is 9.29. The molecular weight excluding hydrogens is 212 g/mol. The number of fused-ring (bicyclic) bond motifs is 1. The molecule has 4 nitrogen and oxygen atoms in total. The van der Waals surface area contributed by atoms with Gasteiger partial charge in [0.05, 0.1) is 5.69 Å². The van der Waals surface area contributed by atoms with Crippen LogP contribution in [0.2, 0.25) is 0 Å². The van der Waals surface area contributed by atoms with Crippen molar-refractivity contribution in [1.82, 2.24) is 14.9 Å². The molecule has 94 valence electrons. The minimum Gasteiger partial charge on any atom is -0.338 e. The summed E-state index contributed by atoms with van der Waals surface area (Å²) in [6, 6.07) is 0.613. The topological polar surface area (TPSA) is 32.3 Å². The van der Waals surface area contributed by atoms with Crippen molar-refractivity contribution in [1.29, 1.82) is 0 Å². The van der Waals surface area contributed by atoms with Crippen LogP contribution in [0, 0.1) is 0 Å². The first kappa shape index (κ1) is 12.3. The van der Waals surface area contributed by atoms with Gasteiger partial charge in [0, 0.05) is 37.4 Å². The maximum Gasteiger partial charge on any atom is 0.225 e. The van der Waals surface area contributed by atoms with Crippen LogP contribution in [0.25, 0.3) is 0 Å². The summed E-state index contributed by atoms with van der Waals surface area (Å²) in [4.78, 5) is 13.6. The number of hydrogen-bond donors (Lipinski definition) is 0. The van der Waals surface area contributed by atoms with E-state index in [1.807, 2.05) is 20.0 Å². The highest BCUT2D eigenvalue weighted by molar-refractivity contribution is 5.38. The van der Waals surface area contributed by atoms with Gasteiger partial charge in [-0.1, -0.05) is 13.8 Å². The van der Waals surface area contributed by atoms with Gasteiger partial charge in [-0.05, 0) is 20.4 Å². The Morgan fingerprint density at radius 2 is 2.06 bits per heavy atom. The highest BCUT2D eigenvalue weighted by atomic mass is 15.3. The summed E-state index contributed by atoms with van der Waals surface area (Å²) in [7, 11) is 2.12. The first-order valence-electron chi connectivity index (χ1n) is 6.54. The molecule has 0 amide bonds. The average Bonchev–Trinajstić information content (AvgIpc) is 2.69. The minimum atomic E-state index is 0.613. The predicted octanol–water partition coefficient (Wildman–Crippen LogP) is 2.05. The molecular formula is C13H22N4. The average molecular weight is 234 g/mol. The van der Waals surface area contributed by atoms with Crippen LogP contribution < -0.4 is 4.90 Å². The summed E-state index contributed by atoms with van der Waals surface area (Å²) >= 11 is 0. The van der Waals surface area contributed by atoms with E-state index in [0.717, 1.165) is 25.6 Å².